The molecule has 3 rings (SSSR count). The van der Waals surface area contributed by atoms with Gasteiger partial charge in [-0.3, -0.25) is 4.98 Å². The van der Waals surface area contributed by atoms with Gasteiger partial charge in [-0.15, -0.1) is 0 Å². The highest BCUT2D eigenvalue weighted by molar-refractivity contribution is 7.89. The van der Waals surface area contributed by atoms with Gasteiger partial charge in [0.2, 0.25) is 10.0 Å². The molecule has 1 N–H and O–H groups in total. The Balaban J connectivity index is 1.72. The SMILES string of the molecule is Cc1cccc(N2CCC[C@H](NS(=O)(=O)c3cccnc3)C2)n1. The van der Waals surface area contributed by atoms with E-state index in [-0.39, 0.29) is 10.9 Å². The highest BCUT2D eigenvalue weighted by atomic mass is 32.2. The number of anilines is 1. The van der Waals surface area contributed by atoms with Gasteiger partial charge in [0.05, 0.1) is 0 Å². The Kier molecular flexibility index (Phi) is 4.58. The third-order valence-electron chi connectivity index (χ3n) is 3.89. The number of pyridine rings is 2. The summed E-state index contributed by atoms with van der Waals surface area (Å²) >= 11 is 0. The van der Waals surface area contributed by atoms with Crippen molar-refractivity contribution in [2.24, 2.45) is 0 Å². The van der Waals surface area contributed by atoms with E-state index in [1.165, 1.54) is 6.20 Å². The lowest BCUT2D eigenvalue weighted by Crippen LogP contribution is -2.48. The summed E-state index contributed by atoms with van der Waals surface area (Å²) in [6.45, 7) is 3.47. The van der Waals surface area contributed by atoms with Gasteiger partial charge in [-0.25, -0.2) is 18.1 Å². The number of nitrogens with one attached hydrogen (secondary N) is 1. The summed E-state index contributed by atoms with van der Waals surface area (Å²) in [6, 6.07) is 8.94. The molecule has 0 aromatic carbocycles. The maximum Gasteiger partial charge on any atom is 0.242 e. The van der Waals surface area contributed by atoms with E-state index < -0.39 is 10.0 Å². The first-order chi connectivity index (χ1) is 11.0. The van der Waals surface area contributed by atoms with Crippen LogP contribution in [0, 0.1) is 6.92 Å². The van der Waals surface area contributed by atoms with Gasteiger partial charge >= 0.3 is 0 Å². The molecule has 0 aliphatic carbocycles. The number of hydrogen-bond donors (Lipinski definition) is 1. The number of aryl methyl sites for hydroxylation is 1. The molecule has 1 saturated heterocycles. The Morgan fingerprint density at radius 1 is 1.26 bits per heavy atom. The topological polar surface area (TPSA) is 75.2 Å². The van der Waals surface area contributed by atoms with Crippen LogP contribution >= 0.6 is 0 Å². The molecule has 1 atom stereocenters. The zero-order valence-electron chi connectivity index (χ0n) is 13.0. The average Bonchev–Trinajstić information content (AvgIpc) is 2.55. The van der Waals surface area contributed by atoms with Gasteiger partial charge in [0.15, 0.2) is 0 Å². The first-order valence-corrected chi connectivity index (χ1v) is 9.14. The van der Waals surface area contributed by atoms with Crippen LogP contribution in [0.2, 0.25) is 0 Å². The summed E-state index contributed by atoms with van der Waals surface area (Å²) < 4.78 is 27.6. The molecule has 0 amide bonds. The molecule has 2 aromatic rings. The lowest BCUT2D eigenvalue weighted by Gasteiger charge is -2.33. The quantitative estimate of drug-likeness (QED) is 0.923. The molecule has 1 aliphatic heterocycles. The van der Waals surface area contributed by atoms with Crippen LogP contribution in [0.25, 0.3) is 0 Å². The van der Waals surface area contributed by atoms with Gasteiger partial charge in [-0.05, 0) is 44.0 Å². The molecule has 2 aromatic heterocycles. The van der Waals surface area contributed by atoms with Crippen LogP contribution in [0.4, 0.5) is 5.82 Å². The summed E-state index contributed by atoms with van der Waals surface area (Å²) in [6.07, 6.45) is 4.67. The highest BCUT2D eigenvalue weighted by Gasteiger charge is 2.26. The molecule has 7 heteroatoms. The number of aromatic nitrogens is 2. The Morgan fingerprint density at radius 3 is 2.87 bits per heavy atom. The Bertz CT molecular complexity index is 765. The minimum Gasteiger partial charge on any atom is -0.355 e. The largest absolute Gasteiger partial charge is 0.355 e. The van der Waals surface area contributed by atoms with Gasteiger partial charge in [-0.1, -0.05) is 6.07 Å². The number of nitrogens with zero attached hydrogens (tertiary/aromatic N) is 3. The van der Waals surface area contributed by atoms with Crippen LogP contribution in [0.3, 0.4) is 0 Å². The molecule has 3 heterocycles. The van der Waals surface area contributed by atoms with E-state index in [1.807, 2.05) is 25.1 Å². The van der Waals surface area contributed by atoms with Crippen LogP contribution < -0.4 is 9.62 Å². The van der Waals surface area contributed by atoms with Crippen LogP contribution in [0.1, 0.15) is 18.5 Å². The van der Waals surface area contributed by atoms with Crippen molar-refractivity contribution in [3.05, 3.63) is 48.4 Å². The molecule has 0 saturated carbocycles. The molecule has 23 heavy (non-hydrogen) atoms. The van der Waals surface area contributed by atoms with Gasteiger partial charge in [0.1, 0.15) is 10.7 Å². The standard InChI is InChI=1S/C16H20N4O2S/c1-13-5-2-8-16(18-13)20-10-4-6-14(12-20)19-23(21,22)15-7-3-9-17-11-15/h2-3,5,7-9,11,14,19H,4,6,10,12H2,1H3/t14-/m0/s1. The summed E-state index contributed by atoms with van der Waals surface area (Å²) in [7, 11) is -3.53. The van der Waals surface area contributed by atoms with Gasteiger partial charge in [0.25, 0.3) is 0 Å². The lowest BCUT2D eigenvalue weighted by molar-refractivity contribution is 0.464. The third kappa shape index (κ3) is 3.86. The summed E-state index contributed by atoms with van der Waals surface area (Å²) in [4.78, 5) is 10.7. The summed E-state index contributed by atoms with van der Waals surface area (Å²) in [5.41, 5.74) is 0.959. The fourth-order valence-corrected chi connectivity index (χ4v) is 4.00. The third-order valence-corrected chi connectivity index (χ3v) is 5.39. The smallest absolute Gasteiger partial charge is 0.242 e. The Hall–Kier alpha value is -1.99. The van der Waals surface area contributed by atoms with Crippen LogP contribution in [0.15, 0.2) is 47.6 Å². The predicted octanol–water partition coefficient (Wildman–Crippen LogP) is 1.73. The zero-order valence-corrected chi connectivity index (χ0v) is 13.8. The molecule has 1 aliphatic rings. The van der Waals surface area contributed by atoms with Crippen LogP contribution in [-0.4, -0.2) is 37.5 Å². The second-order valence-electron chi connectivity index (χ2n) is 5.73. The lowest BCUT2D eigenvalue weighted by atomic mass is 10.1. The van der Waals surface area contributed by atoms with Crippen molar-refractivity contribution in [1.29, 1.82) is 0 Å². The van der Waals surface area contributed by atoms with Gasteiger partial charge < -0.3 is 4.90 Å². The van der Waals surface area contributed by atoms with Crippen LogP contribution in [0.5, 0.6) is 0 Å². The van der Waals surface area contributed by atoms with Crippen molar-refractivity contribution < 1.29 is 8.42 Å². The van der Waals surface area contributed by atoms with E-state index in [0.29, 0.717) is 6.54 Å². The maximum absolute atomic E-state index is 12.4. The predicted molar refractivity (Wildman–Crippen MR) is 88.8 cm³/mol. The van der Waals surface area contributed by atoms with Gasteiger partial charge in [0, 0.05) is 37.2 Å². The number of hydrogen-bond acceptors (Lipinski definition) is 5. The fraction of sp³-hybridized carbons (Fsp3) is 0.375. The Labute approximate surface area is 136 Å². The van der Waals surface area contributed by atoms with Crippen molar-refractivity contribution >= 4 is 15.8 Å². The average molecular weight is 332 g/mol. The number of rotatable bonds is 4. The minimum atomic E-state index is -3.53. The molecule has 122 valence electrons. The normalized spacial score (nSPS) is 18.8. The molecule has 6 nitrogen and oxygen atoms in total. The van der Waals surface area contributed by atoms with E-state index in [1.54, 1.807) is 18.3 Å². The van der Waals surface area contributed by atoms with E-state index in [0.717, 1.165) is 30.9 Å². The van der Waals surface area contributed by atoms with E-state index in [2.05, 4.69) is 19.6 Å². The van der Waals surface area contributed by atoms with Crippen molar-refractivity contribution in [2.45, 2.75) is 30.7 Å². The van der Waals surface area contributed by atoms with Crippen molar-refractivity contribution in [2.75, 3.05) is 18.0 Å². The van der Waals surface area contributed by atoms with E-state index >= 15 is 0 Å². The maximum atomic E-state index is 12.4. The monoisotopic (exact) mass is 332 g/mol. The molecule has 0 radical (unpaired) electrons. The summed E-state index contributed by atoms with van der Waals surface area (Å²) in [5.74, 6) is 0.898. The van der Waals surface area contributed by atoms with E-state index in [4.69, 9.17) is 0 Å². The zero-order chi connectivity index (χ0) is 16.3. The molecule has 0 unspecified atom stereocenters. The first kappa shape index (κ1) is 15.9. The first-order valence-electron chi connectivity index (χ1n) is 7.65. The van der Waals surface area contributed by atoms with E-state index in [9.17, 15) is 8.42 Å². The second kappa shape index (κ2) is 6.64. The van der Waals surface area contributed by atoms with Crippen molar-refractivity contribution in [3.8, 4) is 0 Å². The highest BCUT2D eigenvalue weighted by Crippen LogP contribution is 2.19. The Morgan fingerprint density at radius 2 is 2.13 bits per heavy atom. The van der Waals surface area contributed by atoms with Crippen LogP contribution in [-0.2, 0) is 10.0 Å². The molecule has 0 bridgehead atoms. The molecule has 0 spiro atoms. The molecular weight excluding hydrogens is 312 g/mol. The summed E-state index contributed by atoms with van der Waals surface area (Å²) in [5, 5.41) is 0. The number of sulfonamides is 1. The van der Waals surface area contributed by atoms with Crippen molar-refractivity contribution in [3.63, 3.8) is 0 Å². The molecule has 1 fully saturated rings. The fourth-order valence-electron chi connectivity index (χ4n) is 2.78. The minimum absolute atomic E-state index is 0.128. The van der Waals surface area contributed by atoms with Crippen molar-refractivity contribution in [1.82, 2.24) is 14.7 Å². The molecular formula is C16H20N4O2S. The van der Waals surface area contributed by atoms with Gasteiger partial charge in [-0.2, -0.15) is 0 Å². The number of piperidine rings is 1. The second-order valence-corrected chi connectivity index (χ2v) is 7.45.